The number of hydrogen-bond acceptors (Lipinski definition) is 5. The summed E-state index contributed by atoms with van der Waals surface area (Å²) in [6.45, 7) is 4.09. The molecule has 20 heavy (non-hydrogen) atoms. The van der Waals surface area contributed by atoms with Crippen LogP contribution >= 0.6 is 11.6 Å². The van der Waals surface area contributed by atoms with Gasteiger partial charge in [-0.05, 0) is 31.9 Å². The molecule has 2 aromatic rings. The lowest BCUT2D eigenvalue weighted by Gasteiger charge is -2.07. The molecule has 2 rings (SSSR count). The molecule has 0 aromatic carbocycles. The van der Waals surface area contributed by atoms with Gasteiger partial charge in [-0.3, -0.25) is 4.98 Å². The van der Waals surface area contributed by atoms with Gasteiger partial charge in [-0.25, -0.2) is 0 Å². The molecule has 0 fully saturated rings. The molecule has 0 radical (unpaired) electrons. The number of pyridine rings is 1. The van der Waals surface area contributed by atoms with E-state index in [0.717, 1.165) is 19.3 Å². The second-order valence-corrected chi connectivity index (χ2v) is 5.56. The summed E-state index contributed by atoms with van der Waals surface area (Å²) in [4.78, 5) is 8.57. The molecule has 2 N–H and O–H groups in total. The van der Waals surface area contributed by atoms with Crippen LogP contribution in [-0.4, -0.2) is 21.2 Å². The van der Waals surface area contributed by atoms with Gasteiger partial charge in [-0.15, -0.1) is 0 Å². The highest BCUT2D eigenvalue weighted by atomic mass is 35.5. The average Bonchev–Trinajstić information content (AvgIpc) is 2.88. The maximum atomic E-state index is 5.80. The van der Waals surface area contributed by atoms with Gasteiger partial charge in [-0.1, -0.05) is 30.1 Å². The average molecular weight is 295 g/mol. The van der Waals surface area contributed by atoms with E-state index in [1.807, 2.05) is 6.92 Å². The summed E-state index contributed by atoms with van der Waals surface area (Å²) in [5.41, 5.74) is 6.40. The van der Waals surface area contributed by atoms with Gasteiger partial charge in [0.2, 0.25) is 11.7 Å². The van der Waals surface area contributed by atoms with Gasteiger partial charge in [0.05, 0.1) is 5.02 Å². The molecule has 0 aliphatic carbocycles. The van der Waals surface area contributed by atoms with Crippen LogP contribution < -0.4 is 5.73 Å². The first-order valence-corrected chi connectivity index (χ1v) is 7.15. The summed E-state index contributed by atoms with van der Waals surface area (Å²) in [6, 6.07) is 3.77. The van der Waals surface area contributed by atoms with Crippen LogP contribution in [-0.2, 0) is 0 Å². The van der Waals surface area contributed by atoms with Crippen LogP contribution in [0.4, 0.5) is 0 Å². The van der Waals surface area contributed by atoms with Crippen LogP contribution in [0.25, 0.3) is 11.5 Å². The summed E-state index contributed by atoms with van der Waals surface area (Å²) in [5.74, 6) is 1.36. The van der Waals surface area contributed by atoms with Crippen LogP contribution in [0, 0.1) is 0 Å². The largest absolute Gasteiger partial charge is 0.339 e. The van der Waals surface area contributed by atoms with E-state index in [9.17, 15) is 0 Å². The van der Waals surface area contributed by atoms with Crippen molar-refractivity contribution in [2.24, 2.45) is 5.73 Å². The fraction of sp³-hybridized carbons (Fsp3) is 0.500. The van der Waals surface area contributed by atoms with E-state index in [-0.39, 0.29) is 12.0 Å². The number of nitrogens with zero attached hydrogens (tertiary/aromatic N) is 3. The van der Waals surface area contributed by atoms with Gasteiger partial charge in [-0.2, -0.15) is 4.98 Å². The summed E-state index contributed by atoms with van der Waals surface area (Å²) in [6.07, 6.45) is 4.61. The molecular formula is C14H19ClN4O. The zero-order chi connectivity index (χ0) is 14.5. The summed E-state index contributed by atoms with van der Waals surface area (Å²) < 4.78 is 5.30. The summed E-state index contributed by atoms with van der Waals surface area (Å²) >= 11 is 5.80. The first-order chi connectivity index (χ1) is 9.56. The molecular weight excluding hydrogens is 276 g/mol. The van der Waals surface area contributed by atoms with Crippen molar-refractivity contribution in [3.63, 3.8) is 0 Å². The van der Waals surface area contributed by atoms with Crippen LogP contribution in [0.15, 0.2) is 22.9 Å². The maximum absolute atomic E-state index is 5.80. The third-order valence-corrected chi connectivity index (χ3v) is 3.34. The smallest absolute Gasteiger partial charge is 0.229 e. The molecule has 0 saturated carbocycles. The first-order valence-electron chi connectivity index (χ1n) is 6.77. The van der Waals surface area contributed by atoms with Crippen molar-refractivity contribution in [2.75, 3.05) is 0 Å². The fourth-order valence-corrected chi connectivity index (χ4v) is 2.03. The second-order valence-electron chi connectivity index (χ2n) is 5.13. The van der Waals surface area contributed by atoms with Crippen molar-refractivity contribution >= 4 is 11.6 Å². The molecule has 5 nitrogen and oxygen atoms in total. The SMILES string of the molecule is CC(N)CCCC(C)c1nc(-c2ccc(Cl)cn2)no1. The van der Waals surface area contributed by atoms with Crippen molar-refractivity contribution in [1.82, 2.24) is 15.1 Å². The topological polar surface area (TPSA) is 77.8 Å². The minimum absolute atomic E-state index is 0.224. The van der Waals surface area contributed by atoms with Crippen molar-refractivity contribution in [1.29, 1.82) is 0 Å². The van der Waals surface area contributed by atoms with Crippen molar-refractivity contribution in [3.8, 4) is 11.5 Å². The third-order valence-electron chi connectivity index (χ3n) is 3.12. The van der Waals surface area contributed by atoms with Gasteiger partial charge >= 0.3 is 0 Å². The molecule has 0 amide bonds. The lowest BCUT2D eigenvalue weighted by Crippen LogP contribution is -2.14. The molecule has 6 heteroatoms. The zero-order valence-corrected chi connectivity index (χ0v) is 12.5. The fourth-order valence-electron chi connectivity index (χ4n) is 1.92. The molecule has 0 spiro atoms. The molecule has 2 heterocycles. The molecule has 0 bridgehead atoms. The Morgan fingerprint density at radius 2 is 2.10 bits per heavy atom. The van der Waals surface area contributed by atoms with Crippen LogP contribution in [0.1, 0.15) is 44.9 Å². The third kappa shape index (κ3) is 4.02. The first kappa shape index (κ1) is 14.9. The standard InChI is InChI=1S/C14H19ClN4O/c1-9(4-3-5-10(2)16)14-18-13(19-20-14)12-7-6-11(15)8-17-12/h6-10H,3-5,16H2,1-2H3. The van der Waals surface area contributed by atoms with Gasteiger partial charge in [0.25, 0.3) is 0 Å². The van der Waals surface area contributed by atoms with Crippen LogP contribution in [0.2, 0.25) is 5.02 Å². The van der Waals surface area contributed by atoms with E-state index < -0.39 is 0 Å². The number of rotatable bonds is 6. The summed E-state index contributed by atoms with van der Waals surface area (Å²) in [5, 5.41) is 4.55. The predicted octanol–water partition coefficient (Wildman–Crippen LogP) is 3.41. The minimum Gasteiger partial charge on any atom is -0.339 e. The van der Waals surface area contributed by atoms with E-state index in [1.165, 1.54) is 0 Å². The summed E-state index contributed by atoms with van der Waals surface area (Å²) in [7, 11) is 0. The highest BCUT2D eigenvalue weighted by Gasteiger charge is 2.15. The Labute approximate surface area is 123 Å². The Bertz CT molecular complexity index is 538. The van der Waals surface area contributed by atoms with E-state index in [1.54, 1.807) is 18.3 Å². The van der Waals surface area contributed by atoms with Crippen molar-refractivity contribution in [3.05, 3.63) is 29.2 Å². The Balaban J connectivity index is 1.99. The van der Waals surface area contributed by atoms with Crippen molar-refractivity contribution < 1.29 is 4.52 Å². The molecule has 0 aliphatic rings. The number of aromatic nitrogens is 3. The number of halogens is 1. The lowest BCUT2D eigenvalue weighted by molar-refractivity contribution is 0.349. The van der Waals surface area contributed by atoms with Crippen molar-refractivity contribution in [2.45, 2.75) is 45.1 Å². The Morgan fingerprint density at radius 3 is 2.75 bits per heavy atom. The lowest BCUT2D eigenvalue weighted by atomic mass is 10.0. The Hall–Kier alpha value is -1.46. The second kappa shape index (κ2) is 6.81. The number of hydrogen-bond donors (Lipinski definition) is 1. The monoisotopic (exact) mass is 294 g/mol. The maximum Gasteiger partial charge on any atom is 0.229 e. The predicted molar refractivity (Wildman–Crippen MR) is 78.5 cm³/mol. The highest BCUT2D eigenvalue weighted by molar-refractivity contribution is 6.30. The van der Waals surface area contributed by atoms with Gasteiger partial charge in [0.15, 0.2) is 0 Å². The van der Waals surface area contributed by atoms with E-state index in [0.29, 0.717) is 22.4 Å². The molecule has 2 unspecified atom stereocenters. The molecule has 0 saturated heterocycles. The molecule has 0 aliphatic heterocycles. The van der Waals surface area contributed by atoms with E-state index >= 15 is 0 Å². The molecule has 108 valence electrons. The van der Waals surface area contributed by atoms with E-state index in [4.69, 9.17) is 21.9 Å². The highest BCUT2D eigenvalue weighted by Crippen LogP contribution is 2.23. The van der Waals surface area contributed by atoms with E-state index in [2.05, 4.69) is 22.0 Å². The Kier molecular flexibility index (Phi) is 5.09. The number of nitrogens with two attached hydrogens (primary N) is 1. The quantitative estimate of drug-likeness (QED) is 0.883. The van der Waals surface area contributed by atoms with Gasteiger partial charge in [0, 0.05) is 18.2 Å². The zero-order valence-electron chi connectivity index (χ0n) is 11.7. The normalized spacial score (nSPS) is 14.2. The Morgan fingerprint density at radius 1 is 1.30 bits per heavy atom. The van der Waals surface area contributed by atoms with Gasteiger partial charge in [0.1, 0.15) is 5.69 Å². The molecule has 2 aromatic heterocycles. The van der Waals surface area contributed by atoms with Crippen LogP contribution in [0.5, 0.6) is 0 Å². The minimum atomic E-state index is 0.224. The van der Waals surface area contributed by atoms with Crippen LogP contribution in [0.3, 0.4) is 0 Å². The molecule has 2 atom stereocenters. The van der Waals surface area contributed by atoms with Gasteiger partial charge < -0.3 is 10.3 Å².